The summed E-state index contributed by atoms with van der Waals surface area (Å²) in [6.45, 7) is 1.61. The van der Waals surface area contributed by atoms with Crippen LogP contribution in [0.2, 0.25) is 0 Å². The highest BCUT2D eigenvalue weighted by Crippen LogP contribution is 2.20. The molecule has 0 N–H and O–H groups in total. The van der Waals surface area contributed by atoms with Gasteiger partial charge in [-0.05, 0) is 24.3 Å². The predicted molar refractivity (Wildman–Crippen MR) is 78.2 cm³/mol. The molecule has 0 aliphatic carbocycles. The van der Waals surface area contributed by atoms with Crippen LogP contribution in [-0.4, -0.2) is 24.2 Å². The first kappa shape index (κ1) is 14.0. The lowest BCUT2D eigenvalue weighted by Crippen LogP contribution is -2.05. The Hall–Kier alpha value is -1.94. The summed E-state index contributed by atoms with van der Waals surface area (Å²) >= 11 is 0. The third-order valence-electron chi connectivity index (χ3n) is 3.87. The van der Waals surface area contributed by atoms with E-state index in [0.29, 0.717) is 24.5 Å². The standard InChI is InChI=1S/C17H19NO3/c19-17(7-6-14-8-9-20-12-14)16-11-15(21-18-16)10-13-4-2-1-3-5-13/h1-5,11,14H,6-10,12H2. The monoisotopic (exact) mass is 285 g/mol. The number of carbonyl (C=O) groups is 1. The van der Waals surface area contributed by atoms with Crippen LogP contribution in [0.3, 0.4) is 0 Å². The first-order valence-corrected chi connectivity index (χ1v) is 7.42. The van der Waals surface area contributed by atoms with Crippen LogP contribution in [0.25, 0.3) is 0 Å². The molecule has 1 atom stereocenters. The van der Waals surface area contributed by atoms with Crippen molar-refractivity contribution in [2.45, 2.75) is 25.7 Å². The van der Waals surface area contributed by atoms with E-state index < -0.39 is 0 Å². The fourth-order valence-corrected chi connectivity index (χ4v) is 2.60. The van der Waals surface area contributed by atoms with Gasteiger partial charge in [0.1, 0.15) is 11.5 Å². The lowest BCUT2D eigenvalue weighted by atomic mass is 10.00. The SMILES string of the molecule is O=C(CCC1CCOC1)c1cc(Cc2ccccc2)on1. The first-order chi connectivity index (χ1) is 10.3. The second-order valence-corrected chi connectivity index (χ2v) is 5.53. The highest BCUT2D eigenvalue weighted by atomic mass is 16.5. The number of ether oxygens (including phenoxy) is 1. The second kappa shape index (κ2) is 6.68. The minimum absolute atomic E-state index is 0.0601. The Morgan fingerprint density at radius 2 is 2.14 bits per heavy atom. The highest BCUT2D eigenvalue weighted by Gasteiger charge is 2.19. The zero-order valence-electron chi connectivity index (χ0n) is 12.0. The van der Waals surface area contributed by atoms with Crippen molar-refractivity contribution >= 4 is 5.78 Å². The summed E-state index contributed by atoms with van der Waals surface area (Å²) in [5.41, 5.74) is 1.59. The average molecular weight is 285 g/mol. The van der Waals surface area contributed by atoms with Crippen LogP contribution >= 0.6 is 0 Å². The van der Waals surface area contributed by atoms with Crippen LogP contribution in [0.5, 0.6) is 0 Å². The van der Waals surface area contributed by atoms with Crippen molar-refractivity contribution in [3.63, 3.8) is 0 Å². The number of Topliss-reactive ketones (excluding diaryl/α,β-unsaturated/α-hetero) is 1. The molecule has 1 aromatic carbocycles. The molecule has 0 saturated carbocycles. The summed E-state index contributed by atoms with van der Waals surface area (Å²) in [4.78, 5) is 12.1. The summed E-state index contributed by atoms with van der Waals surface area (Å²) in [7, 11) is 0. The van der Waals surface area contributed by atoms with Gasteiger partial charge in [-0.2, -0.15) is 0 Å². The second-order valence-electron chi connectivity index (χ2n) is 5.53. The Balaban J connectivity index is 1.55. The van der Waals surface area contributed by atoms with Crippen molar-refractivity contribution in [3.8, 4) is 0 Å². The summed E-state index contributed by atoms with van der Waals surface area (Å²) in [6.07, 6.45) is 3.12. The summed E-state index contributed by atoms with van der Waals surface area (Å²) in [5.74, 6) is 1.31. The first-order valence-electron chi connectivity index (χ1n) is 7.42. The molecule has 1 saturated heterocycles. The summed E-state index contributed by atoms with van der Waals surface area (Å²) in [6, 6.07) is 11.8. The Labute approximate surface area is 124 Å². The molecule has 0 bridgehead atoms. The minimum atomic E-state index is 0.0601. The van der Waals surface area contributed by atoms with Crippen molar-refractivity contribution in [1.82, 2.24) is 5.16 Å². The van der Waals surface area contributed by atoms with Gasteiger partial charge < -0.3 is 9.26 Å². The number of benzene rings is 1. The molecule has 1 fully saturated rings. The lowest BCUT2D eigenvalue weighted by Gasteiger charge is -2.04. The Morgan fingerprint density at radius 3 is 2.90 bits per heavy atom. The van der Waals surface area contributed by atoms with Gasteiger partial charge in [0.05, 0.1) is 0 Å². The van der Waals surface area contributed by atoms with E-state index in [2.05, 4.69) is 5.16 Å². The average Bonchev–Trinajstić information content (AvgIpc) is 3.17. The molecule has 0 spiro atoms. The predicted octanol–water partition coefficient (Wildman–Crippen LogP) is 3.26. The van der Waals surface area contributed by atoms with Crippen molar-refractivity contribution in [1.29, 1.82) is 0 Å². The summed E-state index contributed by atoms with van der Waals surface area (Å²) < 4.78 is 10.6. The van der Waals surface area contributed by atoms with E-state index in [-0.39, 0.29) is 5.78 Å². The lowest BCUT2D eigenvalue weighted by molar-refractivity contribution is 0.0962. The van der Waals surface area contributed by atoms with Crippen LogP contribution in [0.4, 0.5) is 0 Å². The largest absolute Gasteiger partial charge is 0.381 e. The fourth-order valence-electron chi connectivity index (χ4n) is 2.60. The maximum absolute atomic E-state index is 12.1. The number of ketones is 1. The zero-order chi connectivity index (χ0) is 14.5. The molecule has 2 heterocycles. The number of nitrogens with zero attached hydrogens (tertiary/aromatic N) is 1. The zero-order valence-corrected chi connectivity index (χ0v) is 12.0. The number of rotatable bonds is 6. The van der Waals surface area contributed by atoms with Gasteiger partial charge in [-0.1, -0.05) is 35.5 Å². The quantitative estimate of drug-likeness (QED) is 0.764. The number of aromatic nitrogens is 1. The topological polar surface area (TPSA) is 52.3 Å². The van der Waals surface area contributed by atoms with Gasteiger partial charge in [0, 0.05) is 32.1 Å². The molecule has 0 amide bonds. The van der Waals surface area contributed by atoms with Crippen LogP contribution in [0, 0.1) is 5.92 Å². The number of carbonyl (C=O) groups excluding carboxylic acids is 1. The Kier molecular flexibility index (Phi) is 4.46. The van der Waals surface area contributed by atoms with E-state index in [1.54, 1.807) is 6.07 Å². The van der Waals surface area contributed by atoms with Crippen molar-refractivity contribution < 1.29 is 14.1 Å². The van der Waals surface area contributed by atoms with Gasteiger partial charge in [0.2, 0.25) is 0 Å². The van der Waals surface area contributed by atoms with Gasteiger partial charge in [-0.25, -0.2) is 0 Å². The van der Waals surface area contributed by atoms with E-state index >= 15 is 0 Å². The van der Waals surface area contributed by atoms with Crippen LogP contribution < -0.4 is 0 Å². The van der Waals surface area contributed by atoms with Crippen molar-refractivity contribution in [2.75, 3.05) is 13.2 Å². The molecule has 4 heteroatoms. The van der Waals surface area contributed by atoms with Crippen molar-refractivity contribution in [2.24, 2.45) is 5.92 Å². The molecule has 110 valence electrons. The third kappa shape index (κ3) is 3.79. The molecule has 1 aliphatic rings. The molecule has 1 aliphatic heterocycles. The van der Waals surface area contributed by atoms with E-state index in [4.69, 9.17) is 9.26 Å². The van der Waals surface area contributed by atoms with Crippen molar-refractivity contribution in [3.05, 3.63) is 53.4 Å². The highest BCUT2D eigenvalue weighted by molar-refractivity contribution is 5.94. The van der Waals surface area contributed by atoms with E-state index in [9.17, 15) is 4.79 Å². The fraction of sp³-hybridized carbons (Fsp3) is 0.412. The van der Waals surface area contributed by atoms with E-state index in [1.165, 1.54) is 0 Å². The van der Waals surface area contributed by atoms with Gasteiger partial charge in [0.15, 0.2) is 5.78 Å². The van der Waals surface area contributed by atoms with Gasteiger partial charge in [-0.3, -0.25) is 4.79 Å². The normalized spacial score (nSPS) is 18.0. The molecule has 4 nitrogen and oxygen atoms in total. The van der Waals surface area contributed by atoms with E-state index in [1.807, 2.05) is 30.3 Å². The molecule has 0 radical (unpaired) electrons. The maximum Gasteiger partial charge on any atom is 0.184 e. The molecule has 1 unspecified atom stereocenters. The van der Waals surface area contributed by atoms with Crippen LogP contribution in [-0.2, 0) is 11.2 Å². The number of hydrogen-bond acceptors (Lipinski definition) is 4. The molecule has 2 aromatic rings. The molecule has 3 rings (SSSR count). The minimum Gasteiger partial charge on any atom is -0.381 e. The smallest absolute Gasteiger partial charge is 0.184 e. The van der Waals surface area contributed by atoms with Crippen LogP contribution in [0.1, 0.15) is 41.1 Å². The van der Waals surface area contributed by atoms with Gasteiger partial charge >= 0.3 is 0 Å². The molecular formula is C17H19NO3. The third-order valence-corrected chi connectivity index (χ3v) is 3.87. The van der Waals surface area contributed by atoms with Crippen LogP contribution in [0.15, 0.2) is 40.9 Å². The molecule has 1 aromatic heterocycles. The molecule has 21 heavy (non-hydrogen) atoms. The maximum atomic E-state index is 12.1. The van der Waals surface area contributed by atoms with Gasteiger partial charge in [-0.15, -0.1) is 0 Å². The van der Waals surface area contributed by atoms with Gasteiger partial charge in [0.25, 0.3) is 0 Å². The molecular weight excluding hydrogens is 266 g/mol. The number of hydrogen-bond donors (Lipinski definition) is 0. The Morgan fingerprint density at radius 1 is 1.29 bits per heavy atom. The van der Waals surface area contributed by atoms with E-state index in [0.717, 1.165) is 37.4 Å². The Bertz CT molecular complexity index is 585. The summed E-state index contributed by atoms with van der Waals surface area (Å²) in [5, 5.41) is 3.90.